The average molecular weight is 333 g/mol. The smallest absolute Gasteiger partial charge is 0.409 e. The van der Waals surface area contributed by atoms with Gasteiger partial charge in [-0.2, -0.15) is 0 Å². The highest BCUT2D eigenvalue weighted by Gasteiger charge is 2.26. The van der Waals surface area contributed by atoms with Gasteiger partial charge in [-0.1, -0.05) is 0 Å². The Morgan fingerprint density at radius 1 is 1.25 bits per heavy atom. The lowest BCUT2D eigenvalue weighted by Crippen LogP contribution is -2.49. The van der Waals surface area contributed by atoms with E-state index in [-0.39, 0.29) is 12.0 Å². The number of hydrogen-bond donors (Lipinski definition) is 1. The third kappa shape index (κ3) is 3.93. The minimum Gasteiger partial charge on any atom is -0.450 e. The molecular weight excluding hydrogens is 310 g/mol. The molecule has 1 saturated carbocycles. The van der Waals surface area contributed by atoms with Gasteiger partial charge >= 0.3 is 6.09 Å². The highest BCUT2D eigenvalue weighted by molar-refractivity contribution is 5.93. The van der Waals surface area contributed by atoms with E-state index in [1.54, 1.807) is 24.8 Å². The summed E-state index contributed by atoms with van der Waals surface area (Å²) in [5.41, 5.74) is 0.400. The second-order valence-electron chi connectivity index (χ2n) is 6.08. The monoisotopic (exact) mass is 333 g/mol. The molecule has 2 amide bonds. The molecule has 0 atom stereocenters. The fraction of sp³-hybridized carbons (Fsp3) is 0.625. The van der Waals surface area contributed by atoms with E-state index in [9.17, 15) is 9.59 Å². The molecule has 8 heteroatoms. The third-order valence-corrected chi connectivity index (χ3v) is 4.10. The SMILES string of the molecule is CCOC(=O)N1CCN(c2cc(C(=O)NC3CC3)nc(C)n2)CC1. The zero-order chi connectivity index (χ0) is 17.1. The number of hydrogen-bond acceptors (Lipinski definition) is 6. The Bertz CT molecular complexity index is 624. The summed E-state index contributed by atoms with van der Waals surface area (Å²) in [7, 11) is 0. The Labute approximate surface area is 141 Å². The van der Waals surface area contributed by atoms with Crippen LogP contribution < -0.4 is 10.2 Å². The van der Waals surface area contributed by atoms with E-state index in [1.165, 1.54) is 0 Å². The van der Waals surface area contributed by atoms with E-state index in [0.717, 1.165) is 18.7 Å². The summed E-state index contributed by atoms with van der Waals surface area (Å²) < 4.78 is 5.02. The van der Waals surface area contributed by atoms with Crippen molar-refractivity contribution in [1.29, 1.82) is 0 Å². The maximum Gasteiger partial charge on any atom is 0.409 e. The summed E-state index contributed by atoms with van der Waals surface area (Å²) >= 11 is 0. The number of amides is 2. The zero-order valence-corrected chi connectivity index (χ0v) is 14.1. The molecule has 0 bridgehead atoms. The van der Waals surface area contributed by atoms with Gasteiger partial charge in [0, 0.05) is 38.3 Å². The van der Waals surface area contributed by atoms with Gasteiger partial charge in [0.2, 0.25) is 0 Å². The van der Waals surface area contributed by atoms with Crippen LogP contribution in [0.15, 0.2) is 6.07 Å². The molecule has 0 radical (unpaired) electrons. The van der Waals surface area contributed by atoms with Gasteiger partial charge in [0.05, 0.1) is 6.61 Å². The second kappa shape index (κ2) is 7.02. The molecule has 1 aliphatic carbocycles. The van der Waals surface area contributed by atoms with Gasteiger partial charge in [-0.25, -0.2) is 14.8 Å². The predicted octanol–water partition coefficient (Wildman–Crippen LogP) is 0.956. The number of rotatable bonds is 4. The van der Waals surface area contributed by atoms with E-state index in [0.29, 0.717) is 50.3 Å². The number of carbonyl (C=O) groups excluding carboxylic acids is 2. The molecule has 1 aromatic rings. The van der Waals surface area contributed by atoms with Gasteiger partial charge in [-0.15, -0.1) is 0 Å². The van der Waals surface area contributed by atoms with Crippen LogP contribution in [0.4, 0.5) is 10.6 Å². The van der Waals surface area contributed by atoms with Gasteiger partial charge in [0.15, 0.2) is 0 Å². The number of piperazine rings is 1. The fourth-order valence-electron chi connectivity index (χ4n) is 2.65. The van der Waals surface area contributed by atoms with Gasteiger partial charge < -0.3 is 19.9 Å². The van der Waals surface area contributed by atoms with Crippen LogP contribution in [0.3, 0.4) is 0 Å². The molecular formula is C16H23N5O3. The molecule has 2 aliphatic rings. The van der Waals surface area contributed by atoms with Crippen LogP contribution in [0, 0.1) is 6.92 Å². The lowest BCUT2D eigenvalue weighted by molar-refractivity contribution is 0.0945. The summed E-state index contributed by atoms with van der Waals surface area (Å²) in [6, 6.07) is 2.02. The molecule has 0 aromatic carbocycles. The molecule has 3 rings (SSSR count). The average Bonchev–Trinajstić information content (AvgIpc) is 3.38. The van der Waals surface area contributed by atoms with Crippen LogP contribution >= 0.6 is 0 Å². The molecule has 24 heavy (non-hydrogen) atoms. The van der Waals surface area contributed by atoms with Crippen molar-refractivity contribution in [1.82, 2.24) is 20.2 Å². The zero-order valence-electron chi connectivity index (χ0n) is 14.1. The first-order valence-electron chi connectivity index (χ1n) is 8.40. The molecule has 1 saturated heterocycles. The first kappa shape index (κ1) is 16.5. The van der Waals surface area contributed by atoms with E-state index < -0.39 is 0 Å². The van der Waals surface area contributed by atoms with E-state index in [2.05, 4.69) is 20.2 Å². The Balaban J connectivity index is 1.65. The van der Waals surface area contributed by atoms with Crippen molar-refractivity contribution in [3.05, 3.63) is 17.6 Å². The van der Waals surface area contributed by atoms with Crippen molar-refractivity contribution in [3.63, 3.8) is 0 Å². The van der Waals surface area contributed by atoms with E-state index >= 15 is 0 Å². The van der Waals surface area contributed by atoms with Crippen molar-refractivity contribution < 1.29 is 14.3 Å². The minimum absolute atomic E-state index is 0.144. The van der Waals surface area contributed by atoms with Crippen LogP contribution in [-0.2, 0) is 4.74 Å². The van der Waals surface area contributed by atoms with Crippen molar-refractivity contribution in [3.8, 4) is 0 Å². The summed E-state index contributed by atoms with van der Waals surface area (Å²) in [6.07, 6.45) is 1.80. The Morgan fingerprint density at radius 3 is 2.58 bits per heavy atom. The minimum atomic E-state index is -0.277. The lowest BCUT2D eigenvalue weighted by Gasteiger charge is -2.34. The number of anilines is 1. The number of aryl methyl sites for hydroxylation is 1. The Morgan fingerprint density at radius 2 is 1.96 bits per heavy atom. The van der Waals surface area contributed by atoms with Crippen LogP contribution in [-0.4, -0.2) is 65.7 Å². The summed E-state index contributed by atoms with van der Waals surface area (Å²) in [5.74, 6) is 1.16. The van der Waals surface area contributed by atoms with E-state index in [1.807, 2.05) is 0 Å². The van der Waals surface area contributed by atoms with Crippen molar-refractivity contribution in [2.45, 2.75) is 32.7 Å². The number of nitrogens with one attached hydrogen (secondary N) is 1. The topological polar surface area (TPSA) is 87.7 Å². The summed E-state index contributed by atoms with van der Waals surface area (Å²) in [4.78, 5) is 36.4. The summed E-state index contributed by atoms with van der Waals surface area (Å²) in [6.45, 7) is 6.41. The molecule has 8 nitrogen and oxygen atoms in total. The van der Waals surface area contributed by atoms with Gasteiger partial charge in [0.25, 0.3) is 5.91 Å². The van der Waals surface area contributed by atoms with Crippen LogP contribution in [0.2, 0.25) is 0 Å². The van der Waals surface area contributed by atoms with Crippen LogP contribution in [0.1, 0.15) is 36.1 Å². The molecule has 1 N–H and O–H groups in total. The second-order valence-corrected chi connectivity index (χ2v) is 6.08. The van der Waals surface area contributed by atoms with Crippen molar-refractivity contribution in [2.24, 2.45) is 0 Å². The van der Waals surface area contributed by atoms with Crippen molar-refractivity contribution in [2.75, 3.05) is 37.7 Å². The number of nitrogens with zero attached hydrogens (tertiary/aromatic N) is 4. The third-order valence-electron chi connectivity index (χ3n) is 4.10. The van der Waals surface area contributed by atoms with Crippen LogP contribution in [0.25, 0.3) is 0 Å². The van der Waals surface area contributed by atoms with Gasteiger partial charge in [-0.3, -0.25) is 4.79 Å². The molecule has 2 heterocycles. The normalized spacial score (nSPS) is 17.6. The first-order chi connectivity index (χ1) is 11.6. The maximum atomic E-state index is 12.2. The highest BCUT2D eigenvalue weighted by atomic mass is 16.6. The van der Waals surface area contributed by atoms with Crippen molar-refractivity contribution >= 4 is 17.8 Å². The molecule has 2 fully saturated rings. The maximum absolute atomic E-state index is 12.2. The predicted molar refractivity (Wildman–Crippen MR) is 88.1 cm³/mol. The highest BCUT2D eigenvalue weighted by Crippen LogP contribution is 2.20. The quantitative estimate of drug-likeness (QED) is 0.883. The first-order valence-corrected chi connectivity index (χ1v) is 8.40. The van der Waals surface area contributed by atoms with Gasteiger partial charge in [-0.05, 0) is 26.7 Å². The number of aromatic nitrogens is 2. The van der Waals surface area contributed by atoms with Gasteiger partial charge in [0.1, 0.15) is 17.3 Å². The number of ether oxygens (including phenoxy) is 1. The lowest BCUT2D eigenvalue weighted by atomic mass is 10.3. The fourth-order valence-corrected chi connectivity index (χ4v) is 2.65. The van der Waals surface area contributed by atoms with E-state index in [4.69, 9.17) is 4.74 Å². The largest absolute Gasteiger partial charge is 0.450 e. The molecule has 130 valence electrons. The molecule has 0 unspecified atom stereocenters. The molecule has 0 spiro atoms. The number of carbonyl (C=O) groups is 2. The standard InChI is InChI=1S/C16H23N5O3/c1-3-24-16(23)21-8-6-20(7-9-21)14-10-13(17-11(2)18-14)15(22)19-12-4-5-12/h10,12H,3-9H2,1-2H3,(H,19,22). The summed E-state index contributed by atoms with van der Waals surface area (Å²) in [5, 5.41) is 2.95. The van der Waals surface area contributed by atoms with Crippen LogP contribution in [0.5, 0.6) is 0 Å². The Hall–Kier alpha value is -2.38. The molecule has 1 aliphatic heterocycles. The Kier molecular flexibility index (Phi) is 4.82. The molecule has 1 aromatic heterocycles.